The van der Waals surface area contributed by atoms with Gasteiger partial charge in [-0.25, -0.2) is 5.43 Å². The monoisotopic (exact) mass is 672 g/mol. The lowest BCUT2D eigenvalue weighted by Gasteiger charge is -2.13. The standard InChI is InChI=1S/C27H18I2N2O3/c28-22-12-17(15-30-31-27(32)25-14-19-7-2-4-11-24(19)34-25)13-23(29)26(22)33-16-20-9-5-8-18-6-1-3-10-21(18)20/h1-15H,16H2,(H,31,32)/b30-15+. The molecule has 0 radical (unpaired) electrons. The van der Waals surface area contributed by atoms with Gasteiger partial charge in [-0.05, 0) is 91.3 Å². The van der Waals surface area contributed by atoms with Crippen LogP contribution in [-0.4, -0.2) is 12.1 Å². The fourth-order valence-electron chi connectivity index (χ4n) is 3.67. The van der Waals surface area contributed by atoms with E-state index in [1.165, 1.54) is 10.8 Å². The first-order chi connectivity index (χ1) is 16.6. The number of nitrogens with one attached hydrogen (secondary N) is 1. The molecule has 0 bridgehead atoms. The second kappa shape index (κ2) is 10.1. The van der Waals surface area contributed by atoms with Crippen LogP contribution in [0.5, 0.6) is 5.75 Å². The highest BCUT2D eigenvalue weighted by atomic mass is 127. The molecule has 0 fully saturated rings. The number of ether oxygens (including phenoxy) is 1. The predicted molar refractivity (Wildman–Crippen MR) is 151 cm³/mol. The molecule has 34 heavy (non-hydrogen) atoms. The summed E-state index contributed by atoms with van der Waals surface area (Å²) in [5.74, 6) is 0.657. The van der Waals surface area contributed by atoms with Gasteiger partial charge in [0.1, 0.15) is 17.9 Å². The number of hydrogen-bond donors (Lipinski definition) is 1. The van der Waals surface area contributed by atoms with Gasteiger partial charge in [-0.1, -0.05) is 60.7 Å². The Morgan fingerprint density at radius 1 is 0.912 bits per heavy atom. The maximum Gasteiger partial charge on any atom is 0.307 e. The van der Waals surface area contributed by atoms with Gasteiger partial charge in [0.05, 0.1) is 13.4 Å². The van der Waals surface area contributed by atoms with Crippen LogP contribution in [0.1, 0.15) is 21.7 Å². The lowest BCUT2D eigenvalue weighted by atomic mass is 10.1. The Morgan fingerprint density at radius 3 is 2.41 bits per heavy atom. The van der Waals surface area contributed by atoms with Crippen LogP contribution in [0.4, 0.5) is 0 Å². The highest BCUT2D eigenvalue weighted by Crippen LogP contribution is 2.30. The van der Waals surface area contributed by atoms with E-state index in [1.54, 1.807) is 12.3 Å². The first-order valence-electron chi connectivity index (χ1n) is 10.5. The zero-order chi connectivity index (χ0) is 23.5. The maximum absolute atomic E-state index is 12.4. The maximum atomic E-state index is 12.4. The summed E-state index contributed by atoms with van der Waals surface area (Å²) in [6.45, 7) is 0.481. The zero-order valence-corrected chi connectivity index (χ0v) is 22.1. The molecule has 0 saturated heterocycles. The van der Waals surface area contributed by atoms with Gasteiger partial charge in [0.25, 0.3) is 0 Å². The van der Waals surface area contributed by atoms with Crippen LogP contribution in [0.25, 0.3) is 21.7 Å². The summed E-state index contributed by atoms with van der Waals surface area (Å²) in [7, 11) is 0. The van der Waals surface area contributed by atoms with Crippen molar-refractivity contribution in [2.75, 3.05) is 0 Å². The normalized spacial score (nSPS) is 11.4. The number of carbonyl (C=O) groups is 1. The van der Waals surface area contributed by atoms with Gasteiger partial charge in [-0.3, -0.25) is 4.79 Å². The summed E-state index contributed by atoms with van der Waals surface area (Å²) < 4.78 is 13.7. The molecule has 0 spiro atoms. The van der Waals surface area contributed by atoms with E-state index >= 15 is 0 Å². The smallest absolute Gasteiger partial charge is 0.307 e. The molecule has 1 aromatic heterocycles. The average Bonchev–Trinajstić information content (AvgIpc) is 3.28. The number of hydrazone groups is 1. The molecule has 0 aliphatic rings. The molecule has 5 nitrogen and oxygen atoms in total. The Labute approximate surface area is 223 Å². The number of para-hydroxylation sites is 1. The Kier molecular flexibility index (Phi) is 6.82. The molecule has 0 aliphatic carbocycles. The zero-order valence-electron chi connectivity index (χ0n) is 17.8. The summed E-state index contributed by atoms with van der Waals surface area (Å²) in [6, 6.07) is 27.7. The summed E-state index contributed by atoms with van der Waals surface area (Å²) in [5, 5.41) is 7.36. The van der Waals surface area contributed by atoms with Gasteiger partial charge >= 0.3 is 5.91 Å². The van der Waals surface area contributed by atoms with Gasteiger partial charge in [0.15, 0.2) is 5.76 Å². The fraction of sp³-hybridized carbons (Fsp3) is 0.0370. The van der Waals surface area contributed by atoms with Crippen LogP contribution in [0.3, 0.4) is 0 Å². The van der Waals surface area contributed by atoms with Crippen LogP contribution in [0, 0.1) is 7.14 Å². The molecule has 7 heteroatoms. The first kappa shape index (κ1) is 22.9. The molecule has 1 amide bonds. The van der Waals surface area contributed by atoms with Gasteiger partial charge in [0.2, 0.25) is 0 Å². The number of amides is 1. The molecule has 1 N–H and O–H groups in total. The Hall–Kier alpha value is -2.92. The number of carbonyl (C=O) groups excluding carboxylic acids is 1. The number of benzene rings is 4. The predicted octanol–water partition coefficient (Wildman–Crippen LogP) is 7.14. The van der Waals surface area contributed by atoms with Gasteiger partial charge in [-0.15, -0.1) is 0 Å². The summed E-state index contributed by atoms with van der Waals surface area (Å²) in [4.78, 5) is 12.4. The SMILES string of the molecule is O=C(N/N=C/c1cc(I)c(OCc2cccc3ccccc23)c(I)c1)c1cc2ccccc2o1. The van der Waals surface area contributed by atoms with Crippen LogP contribution in [0.15, 0.2) is 94.4 Å². The van der Waals surface area contributed by atoms with Crippen molar-refractivity contribution >= 4 is 79.0 Å². The lowest BCUT2D eigenvalue weighted by molar-refractivity contribution is 0.0929. The van der Waals surface area contributed by atoms with Crippen molar-refractivity contribution in [1.29, 1.82) is 0 Å². The number of hydrogen-bond acceptors (Lipinski definition) is 4. The largest absolute Gasteiger partial charge is 0.487 e. The van der Waals surface area contributed by atoms with Crippen molar-refractivity contribution in [2.24, 2.45) is 5.10 Å². The second-order valence-electron chi connectivity index (χ2n) is 7.59. The molecule has 168 valence electrons. The van der Waals surface area contributed by atoms with Crippen molar-refractivity contribution < 1.29 is 13.9 Å². The molecule has 1 heterocycles. The molecule has 5 aromatic rings. The molecular formula is C27H18I2N2O3. The van der Waals surface area contributed by atoms with E-state index < -0.39 is 5.91 Å². The highest BCUT2D eigenvalue weighted by Gasteiger charge is 2.12. The average molecular weight is 672 g/mol. The lowest BCUT2D eigenvalue weighted by Crippen LogP contribution is -2.16. The minimum atomic E-state index is -0.396. The molecule has 0 atom stereocenters. The molecule has 4 aromatic carbocycles. The Balaban J connectivity index is 1.27. The quantitative estimate of drug-likeness (QED) is 0.119. The third-order valence-electron chi connectivity index (χ3n) is 5.30. The van der Waals surface area contributed by atoms with Gasteiger partial charge < -0.3 is 9.15 Å². The van der Waals surface area contributed by atoms with E-state index in [9.17, 15) is 4.79 Å². The van der Waals surface area contributed by atoms with Crippen LogP contribution in [-0.2, 0) is 6.61 Å². The number of nitrogens with zero attached hydrogens (tertiary/aromatic N) is 1. The Morgan fingerprint density at radius 2 is 1.62 bits per heavy atom. The molecule has 5 rings (SSSR count). The van der Waals surface area contributed by atoms with Crippen molar-refractivity contribution in [3.8, 4) is 5.75 Å². The van der Waals surface area contributed by atoms with Gasteiger partial charge in [0, 0.05) is 5.39 Å². The topological polar surface area (TPSA) is 63.8 Å². The summed E-state index contributed by atoms with van der Waals surface area (Å²) >= 11 is 4.52. The minimum Gasteiger partial charge on any atom is -0.487 e. The van der Waals surface area contributed by atoms with E-state index in [1.807, 2.05) is 48.5 Å². The number of furan rings is 1. The van der Waals surface area contributed by atoms with Crippen LogP contribution >= 0.6 is 45.2 Å². The third-order valence-corrected chi connectivity index (χ3v) is 6.90. The fourth-order valence-corrected chi connectivity index (χ4v) is 5.80. The number of fused-ring (bicyclic) bond motifs is 2. The van der Waals surface area contributed by atoms with E-state index in [0.29, 0.717) is 12.2 Å². The summed E-state index contributed by atoms with van der Waals surface area (Å²) in [5.41, 5.74) is 5.19. The second-order valence-corrected chi connectivity index (χ2v) is 9.91. The Bertz CT molecular complexity index is 1480. The van der Waals surface area contributed by atoms with E-state index in [-0.39, 0.29) is 5.76 Å². The van der Waals surface area contributed by atoms with Crippen LogP contribution < -0.4 is 10.2 Å². The van der Waals surface area contributed by atoms with E-state index in [2.05, 4.69) is 86.0 Å². The molecule has 0 aliphatic heterocycles. The molecule has 0 saturated carbocycles. The van der Waals surface area contributed by atoms with Crippen molar-refractivity contribution in [3.63, 3.8) is 0 Å². The van der Waals surface area contributed by atoms with Crippen molar-refractivity contribution in [2.45, 2.75) is 6.61 Å². The van der Waals surface area contributed by atoms with Crippen molar-refractivity contribution in [1.82, 2.24) is 5.43 Å². The van der Waals surface area contributed by atoms with E-state index in [0.717, 1.165) is 29.4 Å². The van der Waals surface area contributed by atoms with Crippen LogP contribution in [0.2, 0.25) is 0 Å². The minimum absolute atomic E-state index is 0.222. The molecule has 0 unspecified atom stereocenters. The first-order valence-corrected chi connectivity index (χ1v) is 12.6. The summed E-state index contributed by atoms with van der Waals surface area (Å²) in [6.07, 6.45) is 1.61. The number of halogens is 2. The third kappa shape index (κ3) is 4.95. The van der Waals surface area contributed by atoms with Crippen molar-refractivity contribution in [3.05, 3.63) is 109 Å². The number of rotatable bonds is 6. The highest BCUT2D eigenvalue weighted by molar-refractivity contribution is 14.1. The van der Waals surface area contributed by atoms with Gasteiger partial charge in [-0.2, -0.15) is 5.10 Å². The van der Waals surface area contributed by atoms with E-state index in [4.69, 9.17) is 9.15 Å². The molecular weight excluding hydrogens is 654 g/mol.